The molecule has 18 heavy (non-hydrogen) atoms. The molecule has 1 nitrogen and oxygen atoms in total. The van der Waals surface area contributed by atoms with Crippen molar-refractivity contribution in [1.82, 2.24) is 5.32 Å². The molecule has 1 N–H and O–H groups in total. The summed E-state index contributed by atoms with van der Waals surface area (Å²) in [6, 6.07) is 0. The first-order chi connectivity index (χ1) is 7.91. The van der Waals surface area contributed by atoms with Gasteiger partial charge in [-0.2, -0.15) is 0 Å². The average Bonchev–Trinajstić information content (AvgIpc) is 2.31. The van der Waals surface area contributed by atoms with E-state index in [4.69, 9.17) is 0 Å². The number of rotatable bonds is 13. The van der Waals surface area contributed by atoms with Crippen molar-refractivity contribution in [1.29, 1.82) is 0 Å². The van der Waals surface area contributed by atoms with Gasteiger partial charge in [0.15, 0.2) is 0 Å². The van der Waals surface area contributed by atoms with Crippen molar-refractivity contribution >= 4 is 59.1 Å². The maximum absolute atomic E-state index is 3.46. The third-order valence-electron chi connectivity index (χ3n) is 3.13. The Morgan fingerprint density at radius 3 is 1.39 bits per heavy atom. The van der Waals surface area contributed by atoms with Gasteiger partial charge in [-0.05, 0) is 25.9 Å². The molecule has 0 unspecified atom stereocenters. The second-order valence-corrected chi connectivity index (χ2v) is 4.93. The summed E-state index contributed by atoms with van der Waals surface area (Å²) in [5, 5.41) is 3.46. The first-order valence-corrected chi connectivity index (χ1v) is 7.62. The van der Waals surface area contributed by atoms with Crippen molar-refractivity contribution in [2.45, 2.75) is 84.5 Å². The maximum Gasteiger partial charge on any atom is 0 e. The van der Waals surface area contributed by atoms with Crippen LogP contribution in [0.15, 0.2) is 0 Å². The van der Waals surface area contributed by atoms with Gasteiger partial charge < -0.3 is 5.32 Å². The smallest absolute Gasteiger partial charge is 0 e. The molecule has 0 aliphatic carbocycles. The standard InChI is InChI=1S/C15H33N.2Na/c1-3-5-6-7-8-9-10-11-12-13-15-16-14-4-2;;/h16H,3-15H2,1-2H3;;. The SMILES string of the molecule is CCCCCCCCCCCCNCCC.[Na].[Na]. The Morgan fingerprint density at radius 2 is 0.944 bits per heavy atom. The van der Waals surface area contributed by atoms with Crippen molar-refractivity contribution in [2.75, 3.05) is 13.1 Å². The van der Waals surface area contributed by atoms with Crippen LogP contribution >= 0.6 is 0 Å². The molecule has 0 saturated heterocycles. The molecule has 3 heteroatoms. The van der Waals surface area contributed by atoms with Gasteiger partial charge >= 0.3 is 0 Å². The number of hydrogen-bond donors (Lipinski definition) is 1. The molecule has 2 radical (unpaired) electrons. The van der Waals surface area contributed by atoms with Gasteiger partial charge in [0.1, 0.15) is 0 Å². The number of nitrogens with one attached hydrogen (secondary N) is 1. The van der Waals surface area contributed by atoms with Crippen LogP contribution in [-0.4, -0.2) is 72.2 Å². The van der Waals surface area contributed by atoms with Gasteiger partial charge in [-0.25, -0.2) is 0 Å². The molecule has 0 fully saturated rings. The molecule has 0 aromatic carbocycles. The van der Waals surface area contributed by atoms with Crippen molar-refractivity contribution in [3.8, 4) is 0 Å². The van der Waals surface area contributed by atoms with Crippen molar-refractivity contribution in [2.24, 2.45) is 0 Å². The molecule has 0 aliphatic rings. The molecule has 100 valence electrons. The monoisotopic (exact) mass is 273 g/mol. The third kappa shape index (κ3) is 23.1. The van der Waals surface area contributed by atoms with Gasteiger partial charge in [0.05, 0.1) is 0 Å². The van der Waals surface area contributed by atoms with E-state index in [9.17, 15) is 0 Å². The molecule has 0 atom stereocenters. The molecular formula is C15H33NNa2. The van der Waals surface area contributed by atoms with E-state index >= 15 is 0 Å². The molecule has 0 heterocycles. The predicted octanol–water partition coefficient (Wildman–Crippen LogP) is 4.15. The predicted molar refractivity (Wildman–Crippen MR) is 86.5 cm³/mol. The van der Waals surface area contributed by atoms with Gasteiger partial charge in [-0.3, -0.25) is 0 Å². The zero-order chi connectivity index (χ0) is 11.9. The van der Waals surface area contributed by atoms with Crippen LogP contribution in [0.3, 0.4) is 0 Å². The molecule has 0 rings (SSSR count). The van der Waals surface area contributed by atoms with Gasteiger partial charge in [-0.15, -0.1) is 0 Å². The van der Waals surface area contributed by atoms with Crippen LogP contribution in [0.2, 0.25) is 0 Å². The minimum Gasteiger partial charge on any atom is -0.317 e. The molecule has 0 saturated carbocycles. The Labute approximate surface area is 160 Å². The van der Waals surface area contributed by atoms with E-state index in [1.807, 2.05) is 0 Å². The summed E-state index contributed by atoms with van der Waals surface area (Å²) in [7, 11) is 0. The molecular weight excluding hydrogens is 240 g/mol. The van der Waals surface area contributed by atoms with Gasteiger partial charge in [0, 0.05) is 59.1 Å². The van der Waals surface area contributed by atoms with Crippen LogP contribution in [0.25, 0.3) is 0 Å². The van der Waals surface area contributed by atoms with Crippen molar-refractivity contribution in [3.05, 3.63) is 0 Å². The summed E-state index contributed by atoms with van der Waals surface area (Å²) in [5.74, 6) is 0. The Bertz CT molecular complexity index is 107. The Kier molecular flexibility index (Phi) is 33.3. The zero-order valence-electron chi connectivity index (χ0n) is 13.7. The third-order valence-corrected chi connectivity index (χ3v) is 3.13. The van der Waals surface area contributed by atoms with Gasteiger partial charge in [-0.1, -0.05) is 71.6 Å². The molecule has 0 bridgehead atoms. The van der Waals surface area contributed by atoms with Crippen molar-refractivity contribution < 1.29 is 0 Å². The van der Waals surface area contributed by atoms with E-state index in [2.05, 4.69) is 19.2 Å². The fourth-order valence-electron chi connectivity index (χ4n) is 2.04. The van der Waals surface area contributed by atoms with Crippen LogP contribution in [0.5, 0.6) is 0 Å². The fourth-order valence-corrected chi connectivity index (χ4v) is 2.04. The topological polar surface area (TPSA) is 12.0 Å². The first kappa shape index (κ1) is 24.9. The first-order valence-electron chi connectivity index (χ1n) is 7.62. The second kappa shape index (κ2) is 24.0. The molecule has 0 amide bonds. The van der Waals surface area contributed by atoms with E-state index in [-0.39, 0.29) is 59.1 Å². The summed E-state index contributed by atoms with van der Waals surface area (Å²) < 4.78 is 0. The number of unbranched alkanes of at least 4 members (excludes halogenated alkanes) is 9. The molecule has 0 aromatic heterocycles. The Hall–Kier alpha value is 1.96. The van der Waals surface area contributed by atoms with Crippen LogP contribution in [-0.2, 0) is 0 Å². The van der Waals surface area contributed by atoms with Crippen LogP contribution in [0.1, 0.15) is 84.5 Å². The quantitative estimate of drug-likeness (QED) is 0.393. The van der Waals surface area contributed by atoms with Crippen LogP contribution in [0.4, 0.5) is 0 Å². The van der Waals surface area contributed by atoms with Crippen LogP contribution < -0.4 is 5.32 Å². The molecule has 0 spiro atoms. The largest absolute Gasteiger partial charge is 0.317 e. The Balaban J connectivity index is -0.00000112. The summed E-state index contributed by atoms with van der Waals surface area (Å²) in [5.41, 5.74) is 0. The normalized spacial score (nSPS) is 9.67. The fraction of sp³-hybridized carbons (Fsp3) is 1.00. The van der Waals surface area contributed by atoms with E-state index in [1.165, 1.54) is 83.7 Å². The average molecular weight is 273 g/mol. The van der Waals surface area contributed by atoms with E-state index < -0.39 is 0 Å². The maximum atomic E-state index is 3.46. The Morgan fingerprint density at radius 1 is 0.500 bits per heavy atom. The minimum absolute atomic E-state index is 0. The van der Waals surface area contributed by atoms with Gasteiger partial charge in [0.25, 0.3) is 0 Å². The summed E-state index contributed by atoms with van der Waals surface area (Å²) in [6.45, 7) is 6.93. The summed E-state index contributed by atoms with van der Waals surface area (Å²) >= 11 is 0. The van der Waals surface area contributed by atoms with Crippen LogP contribution in [0, 0.1) is 0 Å². The number of hydrogen-bond acceptors (Lipinski definition) is 1. The van der Waals surface area contributed by atoms with E-state index in [1.54, 1.807) is 0 Å². The van der Waals surface area contributed by atoms with E-state index in [0.29, 0.717) is 0 Å². The second-order valence-electron chi connectivity index (χ2n) is 4.93. The molecule has 0 aromatic rings. The summed E-state index contributed by atoms with van der Waals surface area (Å²) in [6.07, 6.45) is 15.6. The zero-order valence-corrected chi connectivity index (χ0v) is 17.7. The van der Waals surface area contributed by atoms with Gasteiger partial charge in [0.2, 0.25) is 0 Å². The molecule has 0 aliphatic heterocycles. The summed E-state index contributed by atoms with van der Waals surface area (Å²) in [4.78, 5) is 0. The van der Waals surface area contributed by atoms with Crippen molar-refractivity contribution in [3.63, 3.8) is 0 Å². The van der Waals surface area contributed by atoms with E-state index in [0.717, 1.165) is 0 Å². The minimum atomic E-state index is 0.